The maximum atomic E-state index is 13.2. The summed E-state index contributed by atoms with van der Waals surface area (Å²) in [6.07, 6.45) is 3.48. The molecule has 1 saturated heterocycles. The van der Waals surface area contributed by atoms with Crippen LogP contribution in [0.4, 0.5) is 0 Å². The predicted octanol–water partition coefficient (Wildman–Crippen LogP) is 4.07. The first-order chi connectivity index (χ1) is 14.9. The predicted molar refractivity (Wildman–Crippen MR) is 122 cm³/mol. The van der Waals surface area contributed by atoms with E-state index in [0.29, 0.717) is 24.6 Å². The normalized spacial score (nSPS) is 17.9. The molecule has 3 aromatic rings. The van der Waals surface area contributed by atoms with Crippen LogP contribution >= 0.6 is 11.3 Å². The molecule has 6 nitrogen and oxygen atoms in total. The number of thiazole rings is 1. The van der Waals surface area contributed by atoms with Crippen LogP contribution in [0.15, 0.2) is 47.4 Å². The first-order valence-electron chi connectivity index (χ1n) is 10.7. The fourth-order valence-electron chi connectivity index (χ4n) is 4.05. The van der Waals surface area contributed by atoms with Crippen molar-refractivity contribution in [2.24, 2.45) is 0 Å². The van der Waals surface area contributed by atoms with Gasteiger partial charge in [0.1, 0.15) is 0 Å². The monoisotopic (exact) mass is 455 g/mol. The van der Waals surface area contributed by atoms with E-state index >= 15 is 0 Å². The average Bonchev–Trinajstić information content (AvgIpc) is 3.46. The minimum atomic E-state index is -3.59. The van der Waals surface area contributed by atoms with Crippen LogP contribution in [-0.4, -0.2) is 43.3 Å². The number of hydrogen-bond donors (Lipinski definition) is 1. The minimum Gasteiger partial charge on any atom is -0.339 e. The van der Waals surface area contributed by atoms with Crippen LogP contribution in [0, 0.1) is 6.92 Å². The molecule has 0 radical (unpaired) electrons. The van der Waals surface area contributed by atoms with Gasteiger partial charge in [0.25, 0.3) is 5.91 Å². The molecular formula is C23H25N3O3S2. The van der Waals surface area contributed by atoms with Crippen molar-refractivity contribution in [2.45, 2.75) is 49.5 Å². The van der Waals surface area contributed by atoms with E-state index in [1.165, 1.54) is 10.8 Å². The fourth-order valence-corrected chi connectivity index (χ4v) is 6.52. The van der Waals surface area contributed by atoms with Crippen LogP contribution in [0.5, 0.6) is 0 Å². The van der Waals surface area contributed by atoms with Crippen molar-refractivity contribution in [2.75, 3.05) is 13.1 Å². The number of carbonyl (C=O) groups is 1. The van der Waals surface area contributed by atoms with Gasteiger partial charge in [-0.1, -0.05) is 18.2 Å². The van der Waals surface area contributed by atoms with Gasteiger partial charge in [0.05, 0.1) is 20.1 Å². The summed E-state index contributed by atoms with van der Waals surface area (Å²) in [6, 6.07) is 13.0. The molecule has 2 aliphatic rings. The molecule has 2 heterocycles. The molecule has 0 unspecified atom stereocenters. The molecule has 5 rings (SSSR count). The summed E-state index contributed by atoms with van der Waals surface area (Å²) in [5, 5.41) is 1.14. The second kappa shape index (κ2) is 8.00. The van der Waals surface area contributed by atoms with Crippen molar-refractivity contribution in [3.05, 3.63) is 58.6 Å². The first kappa shape index (κ1) is 20.6. The van der Waals surface area contributed by atoms with Crippen molar-refractivity contribution in [3.63, 3.8) is 0 Å². The SMILES string of the molecule is Cc1ccc(S(=O)(=O)NC2CC2)cc1C(=O)N1CCC(c2nc3ccccc3s2)CC1. The molecule has 0 spiro atoms. The van der Waals surface area contributed by atoms with Crippen molar-refractivity contribution >= 4 is 37.5 Å². The maximum absolute atomic E-state index is 13.2. The quantitative estimate of drug-likeness (QED) is 0.629. The number of hydrogen-bond acceptors (Lipinski definition) is 5. The molecule has 1 aliphatic heterocycles. The number of nitrogens with zero attached hydrogens (tertiary/aromatic N) is 2. The number of sulfonamides is 1. The number of carbonyl (C=O) groups excluding carboxylic acids is 1. The van der Waals surface area contributed by atoms with Gasteiger partial charge < -0.3 is 4.90 Å². The van der Waals surface area contributed by atoms with Gasteiger partial charge in [-0.05, 0) is 62.4 Å². The molecule has 1 saturated carbocycles. The third kappa shape index (κ3) is 4.24. The van der Waals surface area contributed by atoms with Crippen LogP contribution in [0.25, 0.3) is 10.2 Å². The third-order valence-electron chi connectivity index (χ3n) is 6.09. The number of aryl methyl sites for hydroxylation is 1. The zero-order chi connectivity index (χ0) is 21.6. The number of amides is 1. The summed E-state index contributed by atoms with van der Waals surface area (Å²) < 4.78 is 29.0. The number of fused-ring (bicyclic) bond motifs is 1. The number of para-hydroxylation sites is 1. The van der Waals surface area contributed by atoms with Crippen molar-refractivity contribution < 1.29 is 13.2 Å². The Labute approximate surface area is 186 Å². The molecule has 1 aromatic heterocycles. The molecule has 8 heteroatoms. The highest BCUT2D eigenvalue weighted by atomic mass is 32.2. The Kier molecular flexibility index (Phi) is 5.32. The summed E-state index contributed by atoms with van der Waals surface area (Å²) >= 11 is 1.74. The largest absolute Gasteiger partial charge is 0.339 e. The van der Waals surface area contributed by atoms with Crippen molar-refractivity contribution in [3.8, 4) is 0 Å². The second-order valence-corrected chi connectivity index (χ2v) is 11.2. The molecule has 31 heavy (non-hydrogen) atoms. The van der Waals surface area contributed by atoms with Gasteiger partial charge in [-0.2, -0.15) is 0 Å². The summed E-state index contributed by atoms with van der Waals surface area (Å²) in [4.78, 5) is 20.0. The Hall–Kier alpha value is -2.29. The summed E-state index contributed by atoms with van der Waals surface area (Å²) in [7, 11) is -3.59. The van der Waals surface area contributed by atoms with Crippen LogP contribution in [-0.2, 0) is 10.0 Å². The molecular weight excluding hydrogens is 430 g/mol. The summed E-state index contributed by atoms with van der Waals surface area (Å²) in [5.41, 5.74) is 2.30. The van der Waals surface area contributed by atoms with E-state index in [1.54, 1.807) is 23.5 Å². The molecule has 1 aliphatic carbocycles. The highest BCUT2D eigenvalue weighted by molar-refractivity contribution is 7.89. The Morgan fingerprint density at radius 3 is 2.55 bits per heavy atom. The van der Waals surface area contributed by atoms with Gasteiger partial charge in [-0.3, -0.25) is 4.79 Å². The molecule has 0 bridgehead atoms. The van der Waals surface area contributed by atoms with E-state index in [-0.39, 0.29) is 16.8 Å². The lowest BCUT2D eigenvalue weighted by Gasteiger charge is -2.31. The highest BCUT2D eigenvalue weighted by Gasteiger charge is 2.30. The molecule has 1 amide bonds. The van der Waals surface area contributed by atoms with Crippen LogP contribution in [0.2, 0.25) is 0 Å². The smallest absolute Gasteiger partial charge is 0.254 e. The van der Waals surface area contributed by atoms with Crippen molar-refractivity contribution in [1.29, 1.82) is 0 Å². The van der Waals surface area contributed by atoms with Crippen LogP contribution in [0.1, 0.15) is 52.5 Å². The minimum absolute atomic E-state index is 0.0343. The van der Waals surface area contributed by atoms with Crippen LogP contribution in [0.3, 0.4) is 0 Å². The molecule has 2 aromatic carbocycles. The highest BCUT2D eigenvalue weighted by Crippen LogP contribution is 2.34. The Balaban J connectivity index is 1.30. The van der Waals surface area contributed by atoms with E-state index < -0.39 is 10.0 Å². The van der Waals surface area contributed by atoms with E-state index in [4.69, 9.17) is 4.98 Å². The Morgan fingerprint density at radius 2 is 1.84 bits per heavy atom. The number of aromatic nitrogens is 1. The lowest BCUT2D eigenvalue weighted by atomic mass is 9.96. The topological polar surface area (TPSA) is 79.4 Å². The van der Waals surface area contributed by atoms with Gasteiger partial charge in [0.2, 0.25) is 10.0 Å². The number of benzene rings is 2. The lowest BCUT2D eigenvalue weighted by Crippen LogP contribution is -2.38. The molecule has 1 N–H and O–H groups in total. The van der Waals surface area contributed by atoms with Gasteiger partial charge in [0.15, 0.2) is 0 Å². The van der Waals surface area contributed by atoms with Gasteiger partial charge in [0, 0.05) is 30.6 Å². The molecule has 2 fully saturated rings. The Bertz CT molecular complexity index is 1210. The van der Waals surface area contributed by atoms with Crippen molar-refractivity contribution in [1.82, 2.24) is 14.6 Å². The maximum Gasteiger partial charge on any atom is 0.254 e. The zero-order valence-corrected chi connectivity index (χ0v) is 19.0. The van der Waals surface area contributed by atoms with E-state index in [1.807, 2.05) is 30.0 Å². The second-order valence-electron chi connectivity index (χ2n) is 8.46. The lowest BCUT2D eigenvalue weighted by molar-refractivity contribution is 0.0712. The zero-order valence-electron chi connectivity index (χ0n) is 17.4. The fraction of sp³-hybridized carbons (Fsp3) is 0.391. The van der Waals surface area contributed by atoms with E-state index in [9.17, 15) is 13.2 Å². The van der Waals surface area contributed by atoms with Gasteiger partial charge in [-0.25, -0.2) is 18.1 Å². The summed E-state index contributed by atoms with van der Waals surface area (Å²) in [6.45, 7) is 3.15. The summed E-state index contributed by atoms with van der Waals surface area (Å²) in [5.74, 6) is 0.265. The number of piperidine rings is 1. The Morgan fingerprint density at radius 1 is 1.10 bits per heavy atom. The number of nitrogens with one attached hydrogen (secondary N) is 1. The van der Waals surface area contributed by atoms with E-state index in [0.717, 1.165) is 41.8 Å². The standard InChI is InChI=1S/C23H25N3O3S2/c1-15-6-9-18(31(28,29)25-17-7-8-17)14-19(15)23(27)26-12-10-16(11-13-26)22-24-20-4-2-3-5-21(20)30-22/h2-6,9,14,16-17,25H,7-8,10-13H2,1H3. The number of likely N-dealkylation sites (tertiary alicyclic amines) is 1. The van der Waals surface area contributed by atoms with Crippen LogP contribution < -0.4 is 4.72 Å². The van der Waals surface area contributed by atoms with Gasteiger partial charge >= 0.3 is 0 Å². The molecule has 0 atom stereocenters. The third-order valence-corrected chi connectivity index (χ3v) is 8.81. The molecule has 162 valence electrons. The van der Waals surface area contributed by atoms with Gasteiger partial charge in [-0.15, -0.1) is 11.3 Å². The average molecular weight is 456 g/mol. The van der Waals surface area contributed by atoms with E-state index in [2.05, 4.69) is 10.8 Å². The number of rotatable bonds is 5. The first-order valence-corrected chi connectivity index (χ1v) is 13.0.